The first-order valence-corrected chi connectivity index (χ1v) is 8.03. The van der Waals surface area contributed by atoms with Gasteiger partial charge < -0.3 is 0 Å². The Morgan fingerprint density at radius 3 is 2.29 bits per heavy atom. The van der Waals surface area contributed by atoms with Crippen LogP contribution in [-0.4, -0.2) is 0 Å². The number of aryl methyl sites for hydroxylation is 1. The molecule has 21 heavy (non-hydrogen) atoms. The van der Waals surface area contributed by atoms with Crippen LogP contribution in [0.2, 0.25) is 0 Å². The Bertz CT molecular complexity index is 561. The molecule has 0 aliphatic carbocycles. The summed E-state index contributed by atoms with van der Waals surface area (Å²) >= 11 is 0. The highest BCUT2D eigenvalue weighted by atomic mass is 14.1. The summed E-state index contributed by atoms with van der Waals surface area (Å²) in [6, 6.07) is 19.7. The van der Waals surface area contributed by atoms with Crippen LogP contribution in [0.3, 0.4) is 0 Å². The average molecular weight is 278 g/mol. The summed E-state index contributed by atoms with van der Waals surface area (Å²) in [6.45, 7) is 6.69. The first-order valence-electron chi connectivity index (χ1n) is 8.03. The lowest BCUT2D eigenvalue weighted by molar-refractivity contribution is 0.819. The Morgan fingerprint density at radius 2 is 1.67 bits per heavy atom. The van der Waals surface area contributed by atoms with Gasteiger partial charge in [-0.05, 0) is 42.4 Å². The average Bonchev–Trinajstić information content (AvgIpc) is 2.52. The van der Waals surface area contributed by atoms with E-state index in [1.807, 2.05) is 0 Å². The maximum atomic E-state index is 2.44. The van der Waals surface area contributed by atoms with E-state index in [9.17, 15) is 0 Å². The van der Waals surface area contributed by atoms with Crippen molar-refractivity contribution in [1.29, 1.82) is 0 Å². The van der Waals surface area contributed by atoms with Gasteiger partial charge in [-0.1, -0.05) is 86.5 Å². The molecule has 0 amide bonds. The Kier molecular flexibility index (Phi) is 5.80. The predicted octanol–water partition coefficient (Wildman–Crippen LogP) is 6.37. The minimum Gasteiger partial charge on any atom is -0.0735 e. The summed E-state index contributed by atoms with van der Waals surface area (Å²) in [5.74, 6) is 0.456. The van der Waals surface area contributed by atoms with Crippen molar-refractivity contribution in [1.82, 2.24) is 0 Å². The SMILES string of the molecule is CCCC/C(=C\C(C)c1ccc(C)cc1)c1ccccc1. The fourth-order valence-electron chi connectivity index (χ4n) is 2.61. The number of allylic oxidation sites excluding steroid dienone is 2. The van der Waals surface area contributed by atoms with E-state index in [2.05, 4.69) is 81.4 Å². The fourth-order valence-corrected chi connectivity index (χ4v) is 2.61. The van der Waals surface area contributed by atoms with Crippen LogP contribution >= 0.6 is 0 Å². The van der Waals surface area contributed by atoms with Crippen LogP contribution in [-0.2, 0) is 0 Å². The normalized spacial score (nSPS) is 13.2. The quantitative estimate of drug-likeness (QED) is 0.575. The van der Waals surface area contributed by atoms with Crippen molar-refractivity contribution in [2.24, 2.45) is 0 Å². The third-order valence-corrected chi connectivity index (χ3v) is 4.00. The second kappa shape index (κ2) is 7.83. The molecule has 0 aromatic heterocycles. The third kappa shape index (κ3) is 4.60. The zero-order valence-corrected chi connectivity index (χ0v) is 13.5. The summed E-state index contributed by atoms with van der Waals surface area (Å²) < 4.78 is 0. The molecule has 0 N–H and O–H groups in total. The van der Waals surface area contributed by atoms with Crippen LogP contribution in [0.15, 0.2) is 60.7 Å². The zero-order chi connectivity index (χ0) is 15.1. The van der Waals surface area contributed by atoms with E-state index < -0.39 is 0 Å². The van der Waals surface area contributed by atoms with Gasteiger partial charge in [0, 0.05) is 0 Å². The lowest BCUT2D eigenvalue weighted by Crippen LogP contribution is -1.93. The molecule has 110 valence electrons. The summed E-state index contributed by atoms with van der Waals surface area (Å²) in [5, 5.41) is 0. The van der Waals surface area contributed by atoms with Gasteiger partial charge in [-0.25, -0.2) is 0 Å². The molecule has 2 aromatic rings. The van der Waals surface area contributed by atoms with Gasteiger partial charge in [-0.2, -0.15) is 0 Å². The number of hydrogen-bond acceptors (Lipinski definition) is 0. The predicted molar refractivity (Wildman–Crippen MR) is 93.5 cm³/mol. The summed E-state index contributed by atoms with van der Waals surface area (Å²) in [7, 11) is 0. The molecule has 0 heteroatoms. The molecule has 0 bridgehead atoms. The monoisotopic (exact) mass is 278 g/mol. The molecule has 0 saturated carbocycles. The Labute approximate surface area is 129 Å². The van der Waals surface area contributed by atoms with Crippen molar-refractivity contribution in [2.45, 2.75) is 46.0 Å². The van der Waals surface area contributed by atoms with Crippen LogP contribution in [0.5, 0.6) is 0 Å². The molecular formula is C21H26. The smallest absolute Gasteiger partial charge is 0.000440 e. The van der Waals surface area contributed by atoms with Crippen molar-refractivity contribution in [3.8, 4) is 0 Å². The first kappa shape index (κ1) is 15.6. The standard InChI is InChI=1S/C21H26/c1-4-5-9-21(20-10-7-6-8-11-20)16-18(3)19-14-12-17(2)13-15-19/h6-8,10-16,18H,4-5,9H2,1-3H3/b21-16+. The topological polar surface area (TPSA) is 0 Å². The highest BCUT2D eigenvalue weighted by Gasteiger charge is 2.06. The highest BCUT2D eigenvalue weighted by Crippen LogP contribution is 2.26. The van der Waals surface area contributed by atoms with Crippen molar-refractivity contribution in [3.05, 3.63) is 77.4 Å². The largest absolute Gasteiger partial charge is 0.0735 e. The van der Waals surface area contributed by atoms with Gasteiger partial charge in [-0.3, -0.25) is 0 Å². The number of unbranched alkanes of at least 4 members (excludes halogenated alkanes) is 1. The Hall–Kier alpha value is -1.82. The molecule has 0 aliphatic rings. The van der Waals surface area contributed by atoms with Gasteiger partial charge in [0.2, 0.25) is 0 Å². The van der Waals surface area contributed by atoms with Crippen LogP contribution in [0.1, 0.15) is 55.7 Å². The molecule has 0 spiro atoms. The Balaban J connectivity index is 2.24. The van der Waals surface area contributed by atoms with E-state index in [1.54, 1.807) is 0 Å². The van der Waals surface area contributed by atoms with Crippen LogP contribution in [0.25, 0.3) is 5.57 Å². The van der Waals surface area contributed by atoms with E-state index in [1.165, 1.54) is 35.1 Å². The maximum absolute atomic E-state index is 2.44. The number of hydrogen-bond donors (Lipinski definition) is 0. The van der Waals surface area contributed by atoms with E-state index >= 15 is 0 Å². The van der Waals surface area contributed by atoms with Gasteiger partial charge in [-0.15, -0.1) is 0 Å². The molecule has 2 rings (SSSR count). The van der Waals surface area contributed by atoms with Gasteiger partial charge in [0.25, 0.3) is 0 Å². The molecular weight excluding hydrogens is 252 g/mol. The molecule has 1 unspecified atom stereocenters. The van der Waals surface area contributed by atoms with Crippen molar-refractivity contribution in [2.75, 3.05) is 0 Å². The van der Waals surface area contributed by atoms with E-state index in [4.69, 9.17) is 0 Å². The summed E-state index contributed by atoms with van der Waals surface area (Å²) in [5.41, 5.74) is 5.56. The summed E-state index contributed by atoms with van der Waals surface area (Å²) in [6.07, 6.45) is 6.09. The van der Waals surface area contributed by atoms with Gasteiger partial charge >= 0.3 is 0 Å². The van der Waals surface area contributed by atoms with Crippen LogP contribution in [0, 0.1) is 6.92 Å². The Morgan fingerprint density at radius 1 is 1.00 bits per heavy atom. The molecule has 0 radical (unpaired) electrons. The number of benzene rings is 2. The second-order valence-electron chi connectivity index (χ2n) is 5.86. The fraction of sp³-hybridized carbons (Fsp3) is 0.333. The second-order valence-corrected chi connectivity index (χ2v) is 5.86. The molecule has 0 heterocycles. The summed E-state index contributed by atoms with van der Waals surface area (Å²) in [4.78, 5) is 0. The maximum Gasteiger partial charge on any atom is -0.000440 e. The zero-order valence-electron chi connectivity index (χ0n) is 13.5. The molecule has 0 nitrogen and oxygen atoms in total. The molecule has 0 fully saturated rings. The van der Waals surface area contributed by atoms with Crippen molar-refractivity contribution < 1.29 is 0 Å². The lowest BCUT2D eigenvalue weighted by atomic mass is 9.92. The minimum absolute atomic E-state index is 0.456. The van der Waals surface area contributed by atoms with Gasteiger partial charge in [0.05, 0.1) is 0 Å². The van der Waals surface area contributed by atoms with Gasteiger partial charge in [0.15, 0.2) is 0 Å². The molecule has 1 atom stereocenters. The van der Waals surface area contributed by atoms with E-state index in [0.717, 1.165) is 6.42 Å². The molecule has 0 aliphatic heterocycles. The van der Waals surface area contributed by atoms with E-state index in [-0.39, 0.29) is 0 Å². The van der Waals surface area contributed by atoms with Gasteiger partial charge in [0.1, 0.15) is 0 Å². The molecule has 0 saturated heterocycles. The van der Waals surface area contributed by atoms with Crippen molar-refractivity contribution >= 4 is 5.57 Å². The minimum atomic E-state index is 0.456. The third-order valence-electron chi connectivity index (χ3n) is 4.00. The lowest BCUT2D eigenvalue weighted by Gasteiger charge is -2.13. The van der Waals surface area contributed by atoms with E-state index in [0.29, 0.717) is 5.92 Å². The van der Waals surface area contributed by atoms with Crippen LogP contribution in [0.4, 0.5) is 0 Å². The highest BCUT2D eigenvalue weighted by molar-refractivity contribution is 5.66. The van der Waals surface area contributed by atoms with Crippen LogP contribution < -0.4 is 0 Å². The first-order chi connectivity index (χ1) is 10.2. The molecule has 2 aromatic carbocycles. The van der Waals surface area contributed by atoms with Crippen molar-refractivity contribution in [3.63, 3.8) is 0 Å². The number of rotatable bonds is 6.